The van der Waals surface area contributed by atoms with E-state index < -0.39 is 12.1 Å². The van der Waals surface area contributed by atoms with Crippen LogP contribution in [0.1, 0.15) is 450 Å². The van der Waals surface area contributed by atoms with Crippen LogP contribution >= 0.6 is 0 Å². The van der Waals surface area contributed by atoms with Gasteiger partial charge >= 0.3 is 5.97 Å². The number of hydrogen-bond donors (Lipinski definition) is 3. The van der Waals surface area contributed by atoms with E-state index in [1.165, 1.54) is 379 Å². The summed E-state index contributed by atoms with van der Waals surface area (Å²) in [4.78, 5) is 24.7. The van der Waals surface area contributed by atoms with Crippen molar-refractivity contribution in [2.24, 2.45) is 0 Å². The Morgan fingerprint density at radius 1 is 0.293 bits per heavy atom. The molecular weight excluding hydrogens is 1010 g/mol. The van der Waals surface area contributed by atoms with Gasteiger partial charge < -0.3 is 20.3 Å². The Morgan fingerprint density at radius 2 is 0.500 bits per heavy atom. The predicted molar refractivity (Wildman–Crippen MR) is 361 cm³/mol. The molecule has 6 nitrogen and oxygen atoms in total. The smallest absolute Gasteiger partial charge is 0.305 e. The van der Waals surface area contributed by atoms with Crippen LogP contribution in [0.5, 0.6) is 0 Å². The van der Waals surface area contributed by atoms with Crippen molar-refractivity contribution in [1.29, 1.82) is 0 Å². The van der Waals surface area contributed by atoms with Crippen molar-refractivity contribution >= 4 is 11.9 Å². The summed E-state index contributed by atoms with van der Waals surface area (Å²) in [5.74, 6) is -0.00866. The molecule has 0 bridgehead atoms. The summed E-state index contributed by atoms with van der Waals surface area (Å²) >= 11 is 0. The summed E-state index contributed by atoms with van der Waals surface area (Å²) in [6, 6.07) is -0.542. The number of aliphatic hydroxyl groups excluding tert-OH is 2. The van der Waals surface area contributed by atoms with Crippen LogP contribution < -0.4 is 5.32 Å². The van der Waals surface area contributed by atoms with E-state index in [1.54, 1.807) is 0 Å². The van der Waals surface area contributed by atoms with Crippen LogP contribution in [0.4, 0.5) is 0 Å². The van der Waals surface area contributed by atoms with Gasteiger partial charge in [0, 0.05) is 12.8 Å². The van der Waals surface area contributed by atoms with E-state index >= 15 is 0 Å². The summed E-state index contributed by atoms with van der Waals surface area (Å²) in [7, 11) is 0. The predicted octanol–water partition coefficient (Wildman–Crippen LogP) is 24.9. The van der Waals surface area contributed by atoms with Crippen LogP contribution in [-0.4, -0.2) is 47.4 Å². The molecule has 0 spiro atoms. The molecule has 0 heterocycles. The number of carbonyl (C=O) groups excluding carboxylic acids is 2. The highest BCUT2D eigenvalue weighted by Crippen LogP contribution is 2.20. The van der Waals surface area contributed by atoms with E-state index in [9.17, 15) is 19.8 Å². The lowest BCUT2D eigenvalue weighted by atomic mass is 10.0. The van der Waals surface area contributed by atoms with Crippen molar-refractivity contribution in [3.63, 3.8) is 0 Å². The zero-order chi connectivity index (χ0) is 59.2. The Labute approximate surface area is 515 Å². The number of rotatable bonds is 73. The molecule has 0 saturated carbocycles. The highest BCUT2D eigenvalue weighted by Gasteiger charge is 2.20. The highest BCUT2D eigenvalue weighted by atomic mass is 16.5. The number of hydrogen-bond acceptors (Lipinski definition) is 5. The van der Waals surface area contributed by atoms with Crippen molar-refractivity contribution in [3.05, 3.63) is 0 Å². The van der Waals surface area contributed by atoms with Gasteiger partial charge in [-0.15, -0.1) is 0 Å². The fourth-order valence-corrected chi connectivity index (χ4v) is 12.6. The fraction of sp³-hybridized carbons (Fsp3) is 0.974. The minimum atomic E-state index is -0.665. The van der Waals surface area contributed by atoms with Gasteiger partial charge in [-0.25, -0.2) is 0 Å². The van der Waals surface area contributed by atoms with Crippen LogP contribution in [0.2, 0.25) is 0 Å². The minimum absolute atomic E-state index is 0.0200. The molecule has 0 aliphatic heterocycles. The molecule has 0 aromatic heterocycles. The molecule has 490 valence electrons. The molecule has 0 aliphatic carbocycles. The van der Waals surface area contributed by atoms with E-state index in [1.807, 2.05) is 0 Å². The van der Waals surface area contributed by atoms with Crippen molar-refractivity contribution in [2.45, 2.75) is 463 Å². The standard InChI is InChI=1S/C76H151NO5/c1-3-5-7-9-11-13-15-17-19-21-23-24-25-26-29-33-36-40-44-48-52-56-60-64-68-74(79)73(72-78)77-75(80)69-65-61-57-53-49-45-41-37-34-30-27-28-31-35-39-43-47-51-55-59-63-67-71-82-76(81)70-66-62-58-54-50-46-42-38-32-22-20-18-16-14-12-10-8-6-4-2/h73-74,78-79H,3-72H2,1-2H3,(H,77,80). The van der Waals surface area contributed by atoms with Crippen molar-refractivity contribution in [1.82, 2.24) is 5.32 Å². The topological polar surface area (TPSA) is 95.9 Å². The maximum atomic E-state index is 12.6. The Kier molecular flexibility index (Phi) is 71.3. The van der Waals surface area contributed by atoms with E-state index in [0.717, 1.165) is 38.5 Å². The van der Waals surface area contributed by atoms with Crippen LogP contribution in [0.25, 0.3) is 0 Å². The molecule has 0 saturated heterocycles. The molecule has 82 heavy (non-hydrogen) atoms. The molecule has 0 rings (SSSR count). The zero-order valence-electron chi connectivity index (χ0n) is 56.3. The molecule has 1 amide bonds. The Hall–Kier alpha value is -1.14. The van der Waals surface area contributed by atoms with Gasteiger partial charge in [0.25, 0.3) is 0 Å². The van der Waals surface area contributed by atoms with Crippen LogP contribution in [0.15, 0.2) is 0 Å². The lowest BCUT2D eigenvalue weighted by Crippen LogP contribution is -2.45. The third-order valence-electron chi connectivity index (χ3n) is 18.4. The largest absolute Gasteiger partial charge is 0.466 e. The summed E-state index contributed by atoms with van der Waals surface area (Å²) in [6.07, 6.45) is 88.8. The Balaban J connectivity index is 3.35. The molecule has 2 unspecified atom stereocenters. The quantitative estimate of drug-likeness (QED) is 0.0417. The van der Waals surface area contributed by atoms with Crippen LogP contribution in [0, 0.1) is 0 Å². The third kappa shape index (κ3) is 68.0. The number of esters is 1. The Bertz CT molecular complexity index is 1200. The lowest BCUT2D eigenvalue weighted by Gasteiger charge is -2.22. The molecule has 0 aromatic carbocycles. The average molecular weight is 1160 g/mol. The lowest BCUT2D eigenvalue weighted by molar-refractivity contribution is -0.143. The van der Waals surface area contributed by atoms with Crippen molar-refractivity contribution < 1.29 is 24.5 Å². The third-order valence-corrected chi connectivity index (χ3v) is 18.4. The fourth-order valence-electron chi connectivity index (χ4n) is 12.6. The van der Waals surface area contributed by atoms with Crippen LogP contribution in [-0.2, 0) is 14.3 Å². The normalized spacial score (nSPS) is 12.4. The summed E-state index contributed by atoms with van der Waals surface area (Å²) in [5, 5.41) is 23.5. The monoisotopic (exact) mass is 1160 g/mol. The van der Waals surface area contributed by atoms with Gasteiger partial charge in [0.05, 0.1) is 25.4 Å². The van der Waals surface area contributed by atoms with Gasteiger partial charge in [-0.3, -0.25) is 9.59 Å². The molecule has 0 radical (unpaired) electrons. The van der Waals surface area contributed by atoms with E-state index in [2.05, 4.69) is 19.2 Å². The maximum absolute atomic E-state index is 12.6. The zero-order valence-corrected chi connectivity index (χ0v) is 56.3. The van der Waals surface area contributed by atoms with Gasteiger partial charge in [0.2, 0.25) is 5.91 Å². The minimum Gasteiger partial charge on any atom is -0.466 e. The Morgan fingerprint density at radius 3 is 0.744 bits per heavy atom. The second-order valence-electron chi connectivity index (χ2n) is 26.7. The highest BCUT2D eigenvalue weighted by molar-refractivity contribution is 5.76. The number of ether oxygens (including phenoxy) is 1. The number of aliphatic hydroxyl groups is 2. The average Bonchev–Trinajstić information content (AvgIpc) is 3.48. The number of amides is 1. The van der Waals surface area contributed by atoms with E-state index in [-0.39, 0.29) is 18.5 Å². The summed E-state index contributed by atoms with van der Waals surface area (Å²) in [5.41, 5.74) is 0. The number of carbonyl (C=O) groups is 2. The van der Waals surface area contributed by atoms with Gasteiger partial charge in [0.15, 0.2) is 0 Å². The van der Waals surface area contributed by atoms with Crippen molar-refractivity contribution in [2.75, 3.05) is 13.2 Å². The first-order chi connectivity index (χ1) is 40.5. The van der Waals surface area contributed by atoms with E-state index in [0.29, 0.717) is 25.9 Å². The van der Waals surface area contributed by atoms with Gasteiger partial charge in [-0.05, 0) is 25.7 Å². The van der Waals surface area contributed by atoms with Gasteiger partial charge in [0.1, 0.15) is 0 Å². The second-order valence-corrected chi connectivity index (χ2v) is 26.7. The first kappa shape index (κ1) is 80.9. The van der Waals surface area contributed by atoms with E-state index in [4.69, 9.17) is 4.74 Å². The van der Waals surface area contributed by atoms with Gasteiger partial charge in [-0.2, -0.15) is 0 Å². The number of unbranched alkanes of at least 4 members (excludes halogenated alkanes) is 62. The summed E-state index contributed by atoms with van der Waals surface area (Å²) < 4.78 is 5.52. The van der Waals surface area contributed by atoms with Crippen LogP contribution in [0.3, 0.4) is 0 Å². The first-order valence-corrected chi connectivity index (χ1v) is 38.3. The summed E-state index contributed by atoms with van der Waals surface area (Å²) in [6.45, 7) is 5.02. The number of nitrogens with one attached hydrogen (secondary N) is 1. The molecule has 0 aliphatic rings. The second kappa shape index (κ2) is 72.3. The molecule has 3 N–H and O–H groups in total. The van der Waals surface area contributed by atoms with Crippen molar-refractivity contribution in [3.8, 4) is 0 Å². The molecular formula is C76H151NO5. The van der Waals surface area contributed by atoms with Gasteiger partial charge in [-0.1, -0.05) is 412 Å². The first-order valence-electron chi connectivity index (χ1n) is 38.3. The molecule has 0 fully saturated rings. The SMILES string of the molecule is CCCCCCCCCCCCCCCCCCCCCCCCCCC(O)C(CO)NC(=O)CCCCCCCCCCCCCCCCCCCCCCCCOC(=O)CCCCCCCCCCCCCCCCCCCCC. The molecule has 2 atom stereocenters. The molecule has 0 aromatic rings. The molecule has 6 heteroatoms. The maximum Gasteiger partial charge on any atom is 0.305 e.